The van der Waals surface area contributed by atoms with E-state index in [1.165, 1.54) is 31.3 Å². The molecule has 22 heavy (non-hydrogen) atoms. The highest BCUT2D eigenvalue weighted by atomic mass is 16.5. The van der Waals surface area contributed by atoms with E-state index in [4.69, 9.17) is 4.74 Å². The summed E-state index contributed by atoms with van der Waals surface area (Å²) in [6, 6.07) is 1.48. The Morgan fingerprint density at radius 2 is 2.27 bits per heavy atom. The minimum Gasteiger partial charge on any atom is -0.505 e. The van der Waals surface area contributed by atoms with E-state index in [2.05, 4.69) is 10.3 Å². The van der Waals surface area contributed by atoms with Crippen molar-refractivity contribution >= 4 is 11.8 Å². The van der Waals surface area contributed by atoms with Crippen molar-refractivity contribution in [1.82, 2.24) is 15.2 Å². The van der Waals surface area contributed by atoms with Gasteiger partial charge in [-0.3, -0.25) is 9.59 Å². The number of methoxy groups -OCH3 is 1. The van der Waals surface area contributed by atoms with Crippen LogP contribution in [0.25, 0.3) is 0 Å². The summed E-state index contributed by atoms with van der Waals surface area (Å²) >= 11 is 0. The predicted molar refractivity (Wildman–Crippen MR) is 79.6 cm³/mol. The number of hydrogen-bond acceptors (Lipinski definition) is 5. The zero-order valence-electron chi connectivity index (χ0n) is 13.0. The molecule has 0 aromatic carbocycles. The quantitative estimate of drug-likeness (QED) is 0.843. The van der Waals surface area contributed by atoms with Crippen molar-refractivity contribution in [3.63, 3.8) is 0 Å². The van der Waals surface area contributed by atoms with E-state index in [1.54, 1.807) is 6.92 Å². The van der Waals surface area contributed by atoms with E-state index in [0.717, 1.165) is 5.56 Å². The van der Waals surface area contributed by atoms with Gasteiger partial charge in [-0.25, -0.2) is 4.98 Å². The Bertz CT molecular complexity index is 590. The van der Waals surface area contributed by atoms with Crippen LogP contribution in [0.5, 0.6) is 5.75 Å². The molecule has 120 valence electrons. The summed E-state index contributed by atoms with van der Waals surface area (Å²) in [6.07, 6.45) is 2.72. The number of nitrogens with zero attached hydrogens (tertiary/aromatic N) is 2. The van der Waals surface area contributed by atoms with Crippen LogP contribution in [-0.4, -0.2) is 59.7 Å². The maximum absolute atomic E-state index is 12.8. The SMILES string of the molecule is CNC(=O)C1(COC)CCCN1C(=O)c1ncc(C)cc1O. The number of pyridine rings is 1. The Kier molecular flexibility index (Phi) is 4.65. The molecule has 1 aliphatic heterocycles. The molecule has 1 aromatic heterocycles. The van der Waals surface area contributed by atoms with Crippen molar-refractivity contribution in [1.29, 1.82) is 0 Å². The molecular weight excluding hydrogens is 286 g/mol. The molecule has 1 saturated heterocycles. The summed E-state index contributed by atoms with van der Waals surface area (Å²) < 4.78 is 5.18. The Morgan fingerprint density at radius 3 is 2.86 bits per heavy atom. The molecule has 2 rings (SSSR count). The van der Waals surface area contributed by atoms with Gasteiger partial charge in [-0.15, -0.1) is 0 Å². The van der Waals surface area contributed by atoms with E-state index in [0.29, 0.717) is 19.4 Å². The third kappa shape index (κ3) is 2.64. The van der Waals surface area contributed by atoms with Crippen LogP contribution in [0.2, 0.25) is 0 Å². The number of carbonyl (C=O) groups is 2. The third-order valence-electron chi connectivity index (χ3n) is 3.97. The summed E-state index contributed by atoms with van der Waals surface area (Å²) in [5.41, 5.74) is -0.346. The van der Waals surface area contributed by atoms with E-state index in [1.807, 2.05) is 0 Å². The third-order valence-corrected chi connectivity index (χ3v) is 3.97. The first-order valence-electron chi connectivity index (χ1n) is 7.15. The fourth-order valence-corrected chi connectivity index (χ4v) is 2.94. The molecule has 1 aliphatic rings. The van der Waals surface area contributed by atoms with Crippen LogP contribution in [0.4, 0.5) is 0 Å². The molecule has 7 heteroatoms. The van der Waals surface area contributed by atoms with E-state index in [9.17, 15) is 14.7 Å². The number of aromatic nitrogens is 1. The Morgan fingerprint density at radius 1 is 1.55 bits per heavy atom. The first-order valence-corrected chi connectivity index (χ1v) is 7.15. The van der Waals surface area contributed by atoms with Crippen molar-refractivity contribution in [2.24, 2.45) is 0 Å². The normalized spacial score (nSPS) is 21.0. The van der Waals surface area contributed by atoms with Crippen molar-refractivity contribution in [2.45, 2.75) is 25.3 Å². The van der Waals surface area contributed by atoms with Crippen LogP contribution >= 0.6 is 0 Å². The predicted octanol–water partition coefficient (Wildman–Crippen LogP) is 0.463. The number of ether oxygens (including phenoxy) is 1. The van der Waals surface area contributed by atoms with Gasteiger partial charge in [0.05, 0.1) is 6.61 Å². The molecule has 7 nitrogen and oxygen atoms in total. The lowest BCUT2D eigenvalue weighted by Crippen LogP contribution is -2.59. The second kappa shape index (κ2) is 6.31. The van der Waals surface area contributed by atoms with Crippen LogP contribution in [0.15, 0.2) is 12.3 Å². The molecule has 1 unspecified atom stereocenters. The molecule has 0 saturated carbocycles. The minimum absolute atomic E-state index is 0.0446. The molecule has 0 bridgehead atoms. The van der Waals surface area contributed by atoms with Gasteiger partial charge in [0.25, 0.3) is 5.91 Å². The molecule has 1 atom stereocenters. The summed E-state index contributed by atoms with van der Waals surface area (Å²) in [6.45, 7) is 2.30. The topological polar surface area (TPSA) is 91.8 Å². The monoisotopic (exact) mass is 307 g/mol. The standard InChI is InChI=1S/C15H21N3O4/c1-10-7-11(19)12(17-8-10)13(20)18-6-4-5-15(18,9-22-3)14(21)16-2/h7-8,19H,4-6,9H2,1-3H3,(H,16,21). The highest BCUT2D eigenvalue weighted by Crippen LogP contribution is 2.32. The van der Waals surface area contributed by atoms with E-state index in [-0.39, 0.29) is 24.0 Å². The first-order chi connectivity index (χ1) is 10.5. The Labute approximate surface area is 129 Å². The Hall–Kier alpha value is -2.15. The number of hydrogen-bond donors (Lipinski definition) is 2. The van der Waals surface area contributed by atoms with Gasteiger partial charge in [-0.2, -0.15) is 0 Å². The lowest BCUT2D eigenvalue weighted by molar-refractivity contribution is -0.133. The van der Waals surface area contributed by atoms with Crippen molar-refractivity contribution in [3.8, 4) is 5.75 Å². The van der Waals surface area contributed by atoms with Gasteiger partial charge in [0.1, 0.15) is 11.3 Å². The van der Waals surface area contributed by atoms with Crippen LogP contribution in [0.1, 0.15) is 28.9 Å². The van der Waals surface area contributed by atoms with Gasteiger partial charge in [-0.1, -0.05) is 0 Å². The lowest BCUT2D eigenvalue weighted by atomic mass is 9.95. The smallest absolute Gasteiger partial charge is 0.277 e. The van der Waals surface area contributed by atoms with E-state index < -0.39 is 11.4 Å². The molecule has 1 fully saturated rings. The van der Waals surface area contributed by atoms with Gasteiger partial charge in [0.2, 0.25) is 5.91 Å². The Balaban J connectivity index is 2.40. The summed E-state index contributed by atoms with van der Waals surface area (Å²) in [7, 11) is 3.02. The van der Waals surface area contributed by atoms with Crippen molar-refractivity contribution in [2.75, 3.05) is 27.3 Å². The largest absolute Gasteiger partial charge is 0.505 e. The lowest BCUT2D eigenvalue weighted by Gasteiger charge is -2.36. The second-order valence-corrected chi connectivity index (χ2v) is 5.48. The number of carbonyl (C=O) groups excluding carboxylic acids is 2. The number of amides is 2. The molecule has 2 amide bonds. The van der Waals surface area contributed by atoms with Crippen LogP contribution in [0.3, 0.4) is 0 Å². The van der Waals surface area contributed by atoms with E-state index >= 15 is 0 Å². The number of likely N-dealkylation sites (tertiary alicyclic amines) is 1. The fourth-order valence-electron chi connectivity index (χ4n) is 2.94. The number of likely N-dealkylation sites (N-methyl/N-ethyl adjacent to an activating group) is 1. The van der Waals surface area contributed by atoms with Gasteiger partial charge in [0, 0.05) is 26.9 Å². The highest BCUT2D eigenvalue weighted by Gasteiger charge is 2.50. The average Bonchev–Trinajstić information content (AvgIpc) is 2.91. The number of aryl methyl sites for hydroxylation is 1. The molecule has 1 aromatic rings. The molecule has 2 heterocycles. The van der Waals surface area contributed by atoms with Gasteiger partial charge in [-0.05, 0) is 31.4 Å². The molecule has 0 spiro atoms. The first kappa shape index (κ1) is 16.2. The van der Waals surface area contributed by atoms with Gasteiger partial charge < -0.3 is 20.1 Å². The van der Waals surface area contributed by atoms with Gasteiger partial charge in [0.15, 0.2) is 5.69 Å². The summed E-state index contributed by atoms with van der Waals surface area (Å²) in [5.74, 6) is -0.914. The summed E-state index contributed by atoms with van der Waals surface area (Å²) in [4.78, 5) is 30.6. The fraction of sp³-hybridized carbons (Fsp3) is 0.533. The van der Waals surface area contributed by atoms with Crippen LogP contribution in [0, 0.1) is 6.92 Å². The van der Waals surface area contributed by atoms with Crippen molar-refractivity contribution < 1.29 is 19.4 Å². The zero-order chi connectivity index (χ0) is 16.3. The molecular formula is C15H21N3O4. The highest BCUT2D eigenvalue weighted by molar-refractivity contribution is 6.00. The minimum atomic E-state index is -1.06. The zero-order valence-corrected chi connectivity index (χ0v) is 13.0. The number of rotatable bonds is 4. The van der Waals surface area contributed by atoms with Crippen molar-refractivity contribution in [3.05, 3.63) is 23.5 Å². The average molecular weight is 307 g/mol. The number of aromatic hydroxyl groups is 1. The molecule has 0 aliphatic carbocycles. The van der Waals surface area contributed by atoms with Gasteiger partial charge >= 0.3 is 0 Å². The maximum Gasteiger partial charge on any atom is 0.277 e. The molecule has 0 radical (unpaired) electrons. The summed E-state index contributed by atoms with van der Waals surface area (Å²) in [5, 5.41) is 12.6. The second-order valence-electron chi connectivity index (χ2n) is 5.48. The molecule has 2 N–H and O–H groups in total. The van der Waals surface area contributed by atoms with Crippen LogP contribution in [-0.2, 0) is 9.53 Å². The van der Waals surface area contributed by atoms with Crippen LogP contribution < -0.4 is 5.32 Å². The maximum atomic E-state index is 12.8. The number of nitrogens with one attached hydrogen (secondary N) is 1.